The highest BCUT2D eigenvalue weighted by Gasteiger charge is 2.33. The molecule has 2 aliphatic heterocycles. The SMILES string of the molecule is CCn1c(N2CCCCC2)c(/C=C2\SC(=S)N(CCCCCC(=O)O)C2=O)c(C)c(C#N)c1=O. The van der Waals surface area contributed by atoms with Crippen LogP contribution in [0.15, 0.2) is 9.70 Å². The van der Waals surface area contributed by atoms with E-state index in [2.05, 4.69) is 11.0 Å². The second-order valence-electron chi connectivity index (χ2n) is 8.48. The van der Waals surface area contributed by atoms with E-state index in [1.54, 1.807) is 22.5 Å². The minimum Gasteiger partial charge on any atom is -0.481 e. The predicted molar refractivity (Wildman–Crippen MR) is 138 cm³/mol. The lowest BCUT2D eigenvalue weighted by atomic mass is 10.0. The molecule has 8 nitrogen and oxygen atoms in total. The zero-order valence-electron chi connectivity index (χ0n) is 19.6. The maximum Gasteiger partial charge on any atom is 0.303 e. The van der Waals surface area contributed by atoms with Crippen molar-refractivity contribution in [1.82, 2.24) is 9.47 Å². The summed E-state index contributed by atoms with van der Waals surface area (Å²) in [5.74, 6) is -0.244. The van der Waals surface area contributed by atoms with E-state index in [1.807, 2.05) is 6.92 Å². The van der Waals surface area contributed by atoms with Crippen LogP contribution in [0.3, 0.4) is 0 Å². The summed E-state index contributed by atoms with van der Waals surface area (Å²) in [7, 11) is 0. The van der Waals surface area contributed by atoms with Crippen molar-refractivity contribution in [3.8, 4) is 6.07 Å². The Morgan fingerprint density at radius 2 is 1.91 bits per heavy atom. The minimum atomic E-state index is -0.821. The molecule has 2 saturated heterocycles. The molecular weight excluding hydrogens is 472 g/mol. The fraction of sp³-hybridized carbons (Fsp3) is 0.542. The quantitative estimate of drug-likeness (QED) is 0.308. The first kappa shape index (κ1) is 26.0. The topological polar surface area (TPSA) is 107 Å². The van der Waals surface area contributed by atoms with Gasteiger partial charge in [0.15, 0.2) is 0 Å². The van der Waals surface area contributed by atoms with E-state index >= 15 is 0 Å². The third-order valence-corrected chi connectivity index (χ3v) is 7.62. The second-order valence-corrected chi connectivity index (χ2v) is 10.2. The number of pyridine rings is 1. The first-order chi connectivity index (χ1) is 16.3. The van der Waals surface area contributed by atoms with Gasteiger partial charge in [0.2, 0.25) is 0 Å². The number of carbonyl (C=O) groups is 2. The summed E-state index contributed by atoms with van der Waals surface area (Å²) < 4.78 is 2.11. The molecule has 1 aromatic rings. The Morgan fingerprint density at radius 3 is 2.53 bits per heavy atom. The summed E-state index contributed by atoms with van der Waals surface area (Å²) in [6, 6.07) is 2.06. The lowest BCUT2D eigenvalue weighted by molar-refractivity contribution is -0.137. The maximum absolute atomic E-state index is 13.2. The summed E-state index contributed by atoms with van der Waals surface area (Å²) in [4.78, 5) is 41.1. The lowest BCUT2D eigenvalue weighted by Crippen LogP contribution is -2.37. The van der Waals surface area contributed by atoms with E-state index in [0.29, 0.717) is 47.1 Å². The number of amides is 1. The summed E-state index contributed by atoms with van der Waals surface area (Å²) in [5.41, 5.74) is 1.11. The number of aromatic nitrogens is 1. The number of carboxylic acids is 1. The van der Waals surface area contributed by atoms with E-state index in [9.17, 15) is 19.6 Å². The molecule has 34 heavy (non-hydrogen) atoms. The fourth-order valence-electron chi connectivity index (χ4n) is 4.43. The lowest BCUT2D eigenvalue weighted by Gasteiger charge is -2.33. The summed E-state index contributed by atoms with van der Waals surface area (Å²) in [6.45, 7) is 6.17. The molecule has 1 N–H and O–H groups in total. The molecule has 1 aromatic heterocycles. The third-order valence-electron chi connectivity index (χ3n) is 6.24. The third kappa shape index (κ3) is 5.53. The molecule has 0 unspecified atom stereocenters. The average Bonchev–Trinajstić information content (AvgIpc) is 3.08. The van der Waals surface area contributed by atoms with Gasteiger partial charge in [0.05, 0.1) is 4.91 Å². The smallest absolute Gasteiger partial charge is 0.303 e. The van der Waals surface area contributed by atoms with Gasteiger partial charge < -0.3 is 10.0 Å². The van der Waals surface area contributed by atoms with Crippen LogP contribution in [0, 0.1) is 18.3 Å². The number of carboxylic acid groups (broad SMARTS) is 1. The number of carbonyl (C=O) groups excluding carboxylic acids is 1. The Balaban J connectivity index is 1.96. The number of anilines is 1. The highest BCUT2D eigenvalue weighted by Crippen LogP contribution is 2.36. The number of unbranched alkanes of at least 4 members (excludes halogenated alkanes) is 2. The standard InChI is InChI=1S/C24H30N4O4S2/c1-3-27-21(26-11-7-5-8-12-26)17(16(2)18(15-25)22(27)31)14-19-23(32)28(24(33)34-19)13-9-4-6-10-20(29)30/h14H,3-13H2,1-2H3,(H,29,30)/b19-14-. The Hall–Kier alpha value is -2.64. The van der Waals surface area contributed by atoms with Gasteiger partial charge in [0.25, 0.3) is 11.5 Å². The Kier molecular flexibility index (Phi) is 8.91. The average molecular weight is 503 g/mol. The van der Waals surface area contributed by atoms with Crippen LogP contribution in [0.2, 0.25) is 0 Å². The van der Waals surface area contributed by atoms with Crippen molar-refractivity contribution in [1.29, 1.82) is 5.26 Å². The zero-order valence-corrected chi connectivity index (χ0v) is 21.3. The molecule has 0 aromatic carbocycles. The molecule has 1 amide bonds. The monoisotopic (exact) mass is 502 g/mol. The van der Waals surface area contributed by atoms with Crippen molar-refractivity contribution < 1.29 is 14.7 Å². The first-order valence-corrected chi connectivity index (χ1v) is 12.9. The van der Waals surface area contributed by atoms with Gasteiger partial charge in [-0.3, -0.25) is 23.9 Å². The molecule has 182 valence electrons. The van der Waals surface area contributed by atoms with Gasteiger partial charge in [-0.1, -0.05) is 30.4 Å². The van der Waals surface area contributed by atoms with Crippen LogP contribution in [-0.4, -0.2) is 50.4 Å². The zero-order chi connectivity index (χ0) is 24.8. The van der Waals surface area contributed by atoms with Gasteiger partial charge >= 0.3 is 5.97 Å². The summed E-state index contributed by atoms with van der Waals surface area (Å²) >= 11 is 6.68. The number of nitriles is 1. The number of hydrogen-bond donors (Lipinski definition) is 1. The van der Waals surface area contributed by atoms with Gasteiger partial charge in [-0.15, -0.1) is 0 Å². The number of rotatable bonds is 9. The van der Waals surface area contributed by atoms with E-state index in [0.717, 1.165) is 43.7 Å². The van der Waals surface area contributed by atoms with Crippen molar-refractivity contribution in [3.63, 3.8) is 0 Å². The van der Waals surface area contributed by atoms with Crippen LogP contribution in [0.25, 0.3) is 6.08 Å². The highest BCUT2D eigenvalue weighted by atomic mass is 32.2. The maximum atomic E-state index is 13.2. The van der Waals surface area contributed by atoms with Gasteiger partial charge in [-0.25, -0.2) is 0 Å². The molecule has 0 spiro atoms. The van der Waals surface area contributed by atoms with E-state index in [-0.39, 0.29) is 23.5 Å². The summed E-state index contributed by atoms with van der Waals surface area (Å²) in [6.07, 6.45) is 7.04. The van der Waals surface area contributed by atoms with Gasteiger partial charge in [-0.05, 0) is 57.6 Å². The number of thiocarbonyl (C=S) groups is 1. The number of nitrogens with zero attached hydrogens (tertiary/aromatic N) is 4. The van der Waals surface area contributed by atoms with Crippen molar-refractivity contribution in [3.05, 3.63) is 31.9 Å². The molecule has 0 radical (unpaired) electrons. The van der Waals surface area contributed by atoms with Crippen LogP contribution < -0.4 is 10.5 Å². The number of thioether (sulfide) groups is 1. The van der Waals surface area contributed by atoms with Crippen molar-refractivity contribution >= 4 is 52.1 Å². The molecule has 0 saturated carbocycles. The molecule has 0 bridgehead atoms. The normalized spacial score (nSPS) is 17.5. The predicted octanol–water partition coefficient (Wildman–Crippen LogP) is 3.88. The molecular formula is C24H30N4O4S2. The molecule has 2 fully saturated rings. The van der Waals surface area contributed by atoms with E-state index in [1.165, 1.54) is 11.8 Å². The molecule has 0 atom stereocenters. The molecule has 3 heterocycles. The molecule has 0 aliphatic carbocycles. The van der Waals surface area contributed by atoms with E-state index < -0.39 is 5.97 Å². The largest absolute Gasteiger partial charge is 0.481 e. The van der Waals surface area contributed by atoms with Gasteiger partial charge in [0.1, 0.15) is 21.8 Å². The molecule has 3 rings (SSSR count). The fourth-order valence-corrected chi connectivity index (χ4v) is 5.72. The van der Waals surface area contributed by atoms with Crippen molar-refractivity contribution in [2.24, 2.45) is 0 Å². The Bertz CT molecular complexity index is 1110. The van der Waals surface area contributed by atoms with Crippen LogP contribution in [0.5, 0.6) is 0 Å². The molecule has 2 aliphatic rings. The number of hydrogen-bond acceptors (Lipinski definition) is 7. The molecule has 10 heteroatoms. The number of aliphatic carboxylic acids is 1. The highest BCUT2D eigenvalue weighted by molar-refractivity contribution is 8.26. The van der Waals surface area contributed by atoms with Crippen LogP contribution >= 0.6 is 24.0 Å². The van der Waals surface area contributed by atoms with E-state index in [4.69, 9.17) is 17.3 Å². The van der Waals surface area contributed by atoms with Crippen LogP contribution in [0.4, 0.5) is 5.82 Å². The Labute approximate surface area is 209 Å². The minimum absolute atomic E-state index is 0.0998. The van der Waals surface area contributed by atoms with Gasteiger partial charge in [0, 0.05) is 38.2 Å². The number of piperidine rings is 1. The van der Waals surface area contributed by atoms with Crippen LogP contribution in [0.1, 0.15) is 68.6 Å². The second kappa shape index (κ2) is 11.7. The summed E-state index contributed by atoms with van der Waals surface area (Å²) in [5, 5.41) is 18.5. The first-order valence-electron chi connectivity index (χ1n) is 11.7. The van der Waals surface area contributed by atoms with Crippen LogP contribution in [-0.2, 0) is 16.1 Å². The van der Waals surface area contributed by atoms with Crippen molar-refractivity contribution in [2.45, 2.75) is 65.3 Å². The Morgan fingerprint density at radius 1 is 1.21 bits per heavy atom. The van der Waals surface area contributed by atoms with Gasteiger partial charge in [-0.2, -0.15) is 5.26 Å². The van der Waals surface area contributed by atoms with Crippen molar-refractivity contribution in [2.75, 3.05) is 24.5 Å².